The van der Waals surface area contributed by atoms with Gasteiger partial charge in [-0.3, -0.25) is 4.79 Å². The summed E-state index contributed by atoms with van der Waals surface area (Å²) in [6, 6.07) is 14.1. The average Bonchev–Trinajstić information content (AvgIpc) is 2.43. The van der Waals surface area contributed by atoms with Crippen molar-refractivity contribution in [2.75, 3.05) is 11.1 Å². The Labute approximate surface area is 129 Å². The lowest BCUT2D eigenvalue weighted by Gasteiger charge is -2.07. The van der Waals surface area contributed by atoms with Crippen LogP contribution in [0.4, 0.5) is 10.1 Å². The van der Waals surface area contributed by atoms with Gasteiger partial charge in [-0.2, -0.15) is 0 Å². The van der Waals surface area contributed by atoms with Crippen LogP contribution in [-0.2, 0) is 4.79 Å². The molecule has 2 aromatic carbocycles. The van der Waals surface area contributed by atoms with Crippen molar-refractivity contribution in [3.05, 3.63) is 58.8 Å². The standard InChI is InChI=1S/C15H13BrFNOS/c16-13-10-11(17)6-7-14(13)18-15(19)8-9-20-12-4-2-1-3-5-12/h1-7,10H,8-9H2,(H,18,19). The van der Waals surface area contributed by atoms with Gasteiger partial charge >= 0.3 is 0 Å². The fraction of sp³-hybridized carbons (Fsp3) is 0.133. The molecule has 0 radical (unpaired) electrons. The van der Waals surface area contributed by atoms with Gasteiger partial charge in [0.15, 0.2) is 0 Å². The zero-order chi connectivity index (χ0) is 14.4. The molecule has 2 aromatic rings. The predicted octanol–water partition coefficient (Wildman–Crippen LogP) is 4.71. The van der Waals surface area contributed by atoms with Gasteiger partial charge in [-0.1, -0.05) is 18.2 Å². The van der Waals surface area contributed by atoms with Crippen LogP contribution in [0.25, 0.3) is 0 Å². The van der Waals surface area contributed by atoms with Crippen LogP contribution in [0.1, 0.15) is 6.42 Å². The fourth-order valence-corrected chi connectivity index (χ4v) is 2.90. The average molecular weight is 354 g/mol. The van der Waals surface area contributed by atoms with Crippen molar-refractivity contribution in [1.82, 2.24) is 0 Å². The van der Waals surface area contributed by atoms with E-state index in [9.17, 15) is 9.18 Å². The van der Waals surface area contributed by atoms with Gasteiger partial charge in [-0.05, 0) is 46.3 Å². The molecule has 104 valence electrons. The Bertz CT molecular complexity index is 592. The first-order valence-corrected chi connectivity index (χ1v) is 7.86. The van der Waals surface area contributed by atoms with Gasteiger partial charge < -0.3 is 5.32 Å². The molecule has 1 amide bonds. The van der Waals surface area contributed by atoms with E-state index in [-0.39, 0.29) is 11.7 Å². The summed E-state index contributed by atoms with van der Waals surface area (Å²) < 4.78 is 13.5. The maximum atomic E-state index is 12.9. The SMILES string of the molecule is O=C(CCSc1ccccc1)Nc1ccc(F)cc1Br. The summed E-state index contributed by atoms with van der Waals surface area (Å²) in [4.78, 5) is 12.9. The highest BCUT2D eigenvalue weighted by Crippen LogP contribution is 2.23. The first-order chi connectivity index (χ1) is 9.65. The van der Waals surface area contributed by atoms with E-state index in [0.717, 1.165) is 4.90 Å². The Kier molecular flexibility index (Phi) is 5.61. The second kappa shape index (κ2) is 7.45. The van der Waals surface area contributed by atoms with Gasteiger partial charge in [0.1, 0.15) is 5.82 Å². The second-order valence-electron chi connectivity index (χ2n) is 4.08. The van der Waals surface area contributed by atoms with Crippen LogP contribution < -0.4 is 5.32 Å². The Morgan fingerprint density at radius 2 is 1.95 bits per heavy atom. The number of nitrogens with one attached hydrogen (secondary N) is 1. The number of carbonyl (C=O) groups excluding carboxylic acids is 1. The highest BCUT2D eigenvalue weighted by atomic mass is 79.9. The minimum absolute atomic E-state index is 0.0826. The lowest BCUT2D eigenvalue weighted by molar-refractivity contribution is -0.115. The van der Waals surface area contributed by atoms with Gasteiger partial charge in [0, 0.05) is 21.5 Å². The molecule has 0 fully saturated rings. The van der Waals surface area contributed by atoms with E-state index < -0.39 is 0 Å². The number of benzene rings is 2. The number of hydrogen-bond acceptors (Lipinski definition) is 2. The van der Waals surface area contributed by atoms with Gasteiger partial charge in [-0.15, -0.1) is 11.8 Å². The number of carbonyl (C=O) groups is 1. The molecule has 0 aliphatic carbocycles. The second-order valence-corrected chi connectivity index (χ2v) is 6.11. The molecule has 0 spiro atoms. The zero-order valence-electron chi connectivity index (χ0n) is 10.6. The lowest BCUT2D eigenvalue weighted by atomic mass is 10.3. The zero-order valence-corrected chi connectivity index (χ0v) is 13.0. The van der Waals surface area contributed by atoms with Crippen LogP contribution in [0, 0.1) is 5.82 Å². The summed E-state index contributed by atoms with van der Waals surface area (Å²) in [5.74, 6) is 0.282. The lowest BCUT2D eigenvalue weighted by Crippen LogP contribution is -2.12. The van der Waals surface area contributed by atoms with Crippen molar-refractivity contribution in [2.24, 2.45) is 0 Å². The van der Waals surface area contributed by atoms with Crippen molar-refractivity contribution >= 4 is 39.3 Å². The molecule has 0 aliphatic rings. The molecule has 1 N–H and O–H groups in total. The smallest absolute Gasteiger partial charge is 0.225 e. The van der Waals surface area contributed by atoms with Crippen LogP contribution >= 0.6 is 27.7 Å². The third kappa shape index (κ3) is 4.65. The molecule has 0 aliphatic heterocycles. The van der Waals surface area contributed by atoms with Crippen LogP contribution in [0.2, 0.25) is 0 Å². The summed E-state index contributed by atoms with van der Waals surface area (Å²) in [7, 11) is 0. The number of hydrogen-bond donors (Lipinski definition) is 1. The van der Waals surface area contributed by atoms with E-state index in [2.05, 4.69) is 21.2 Å². The van der Waals surface area contributed by atoms with Crippen LogP contribution in [0.15, 0.2) is 57.9 Å². The molecule has 0 saturated heterocycles. The molecule has 0 heterocycles. The highest BCUT2D eigenvalue weighted by Gasteiger charge is 2.06. The third-order valence-corrected chi connectivity index (χ3v) is 4.22. The van der Waals surface area contributed by atoms with E-state index >= 15 is 0 Å². The molecule has 0 aromatic heterocycles. The van der Waals surface area contributed by atoms with Gasteiger partial charge in [0.25, 0.3) is 0 Å². The van der Waals surface area contributed by atoms with Crippen LogP contribution in [-0.4, -0.2) is 11.7 Å². The molecular formula is C15H13BrFNOS. The minimum atomic E-state index is -0.338. The third-order valence-electron chi connectivity index (χ3n) is 2.55. The van der Waals surface area contributed by atoms with Crippen molar-refractivity contribution in [1.29, 1.82) is 0 Å². The summed E-state index contributed by atoms with van der Waals surface area (Å²) in [6.45, 7) is 0. The summed E-state index contributed by atoms with van der Waals surface area (Å²) in [5.41, 5.74) is 0.584. The van der Waals surface area contributed by atoms with Crippen molar-refractivity contribution in [2.45, 2.75) is 11.3 Å². The van der Waals surface area contributed by atoms with Crippen LogP contribution in [0.3, 0.4) is 0 Å². The number of rotatable bonds is 5. The van der Waals surface area contributed by atoms with E-state index in [1.54, 1.807) is 17.8 Å². The maximum Gasteiger partial charge on any atom is 0.225 e. The van der Waals surface area contributed by atoms with Gasteiger partial charge in [0.2, 0.25) is 5.91 Å². The summed E-state index contributed by atoms with van der Waals surface area (Å²) >= 11 is 4.85. The van der Waals surface area contributed by atoms with E-state index in [0.29, 0.717) is 22.3 Å². The normalized spacial score (nSPS) is 10.3. The van der Waals surface area contributed by atoms with Crippen molar-refractivity contribution < 1.29 is 9.18 Å². The highest BCUT2D eigenvalue weighted by molar-refractivity contribution is 9.10. The largest absolute Gasteiger partial charge is 0.325 e. The predicted molar refractivity (Wildman–Crippen MR) is 84.5 cm³/mol. The molecule has 20 heavy (non-hydrogen) atoms. The first kappa shape index (κ1) is 15.1. The Morgan fingerprint density at radius 3 is 2.65 bits per heavy atom. The number of anilines is 1. The summed E-state index contributed by atoms with van der Waals surface area (Å²) in [5, 5.41) is 2.76. The molecule has 2 rings (SSSR count). The maximum absolute atomic E-state index is 12.9. The first-order valence-electron chi connectivity index (χ1n) is 6.08. The molecule has 0 atom stereocenters. The Hall–Kier alpha value is -1.33. The molecule has 0 saturated carbocycles. The topological polar surface area (TPSA) is 29.1 Å². The Morgan fingerprint density at radius 1 is 1.20 bits per heavy atom. The molecule has 0 unspecified atom stereocenters. The molecule has 5 heteroatoms. The quantitative estimate of drug-likeness (QED) is 0.788. The summed E-state index contributed by atoms with van der Waals surface area (Å²) in [6.07, 6.45) is 0.406. The van der Waals surface area contributed by atoms with E-state index in [4.69, 9.17) is 0 Å². The molecule has 2 nitrogen and oxygen atoms in total. The van der Waals surface area contributed by atoms with Gasteiger partial charge in [0.05, 0.1) is 5.69 Å². The molecular weight excluding hydrogens is 341 g/mol. The Balaban J connectivity index is 1.81. The number of amides is 1. The van der Waals surface area contributed by atoms with Gasteiger partial charge in [-0.25, -0.2) is 4.39 Å². The number of thioether (sulfide) groups is 1. The monoisotopic (exact) mass is 353 g/mol. The minimum Gasteiger partial charge on any atom is -0.325 e. The fourth-order valence-electron chi connectivity index (χ4n) is 1.58. The number of halogens is 2. The van der Waals surface area contributed by atoms with E-state index in [1.807, 2.05) is 30.3 Å². The molecule has 0 bridgehead atoms. The van der Waals surface area contributed by atoms with E-state index in [1.165, 1.54) is 12.1 Å². The van der Waals surface area contributed by atoms with Crippen LogP contribution in [0.5, 0.6) is 0 Å². The van der Waals surface area contributed by atoms with Crippen molar-refractivity contribution in [3.8, 4) is 0 Å². The van der Waals surface area contributed by atoms with Crippen molar-refractivity contribution in [3.63, 3.8) is 0 Å².